The van der Waals surface area contributed by atoms with Gasteiger partial charge in [0.25, 0.3) is 0 Å². The van der Waals surface area contributed by atoms with Crippen molar-refractivity contribution in [2.45, 2.75) is 20.8 Å². The van der Waals surface area contributed by atoms with Crippen LogP contribution in [0.1, 0.15) is 31.1 Å². The average molecular weight is 716 g/mol. The zero-order chi connectivity index (χ0) is 18.1. The predicted octanol–water partition coefficient (Wildman–Crippen LogP) is -3.19. The minimum Gasteiger partial charge on any atom is 3.00 e. The Morgan fingerprint density at radius 3 is 1.30 bits per heavy atom. The van der Waals surface area contributed by atoms with Crippen LogP contribution in [0, 0.1) is 0 Å². The third kappa shape index (κ3) is 44.9. The molecule has 0 amide bonds. The minimum absolute atomic E-state index is 0. The summed E-state index contributed by atoms with van der Waals surface area (Å²) in [6.45, 7) is 2.92. The number of hydrogen-bond acceptors (Lipinski definition) is 8. The number of carboxylic acid groups (broad SMARTS) is 3. The van der Waals surface area contributed by atoms with Crippen molar-refractivity contribution in [3.8, 4) is 0 Å². The van der Waals surface area contributed by atoms with Gasteiger partial charge < -0.3 is 29.7 Å². The molecule has 0 bridgehead atoms. The van der Waals surface area contributed by atoms with Crippen LogP contribution in [0.5, 0.6) is 0 Å². The number of aliphatic carboxylic acids is 3. The van der Waals surface area contributed by atoms with Crippen LogP contribution in [-0.2, 0) is 17.2 Å². The standard InChI is InChI=1S/C7H6O2.3C2H4O2.2Bi/c8-7(9)6-4-2-1-3-5-6;3*1-2(3)4;;/h1-5H,(H,8,9);3*1H3,(H,3,4);;/q;;;;2*+3/p-4. The SMILES string of the molecule is CC(=O)[O-].CC(=O)[O-].CC(=O)[O-].O=C([O][Bi+2])c1ccccc1.[Bi+3]. The number of rotatable bonds is 1. The van der Waals surface area contributed by atoms with Gasteiger partial charge in [0.15, 0.2) is 0 Å². The molecular formula is C13H14Bi2O8+2. The normalized spacial score (nSPS) is 7.09. The smallest absolute Gasteiger partial charge is 3.00 e. The van der Waals surface area contributed by atoms with Crippen LogP contribution in [0.15, 0.2) is 30.3 Å². The average Bonchev–Trinajstić information content (AvgIpc) is 2.37. The monoisotopic (exact) mass is 716 g/mol. The Morgan fingerprint density at radius 1 is 0.826 bits per heavy atom. The molecule has 0 saturated heterocycles. The van der Waals surface area contributed by atoms with Crippen LogP contribution in [-0.4, -0.2) is 75.2 Å². The second-order valence-electron chi connectivity index (χ2n) is 3.22. The van der Waals surface area contributed by atoms with E-state index in [1.54, 1.807) is 12.1 Å². The van der Waals surface area contributed by atoms with Crippen molar-refractivity contribution < 1.29 is 37.3 Å². The number of hydrogen-bond donors (Lipinski definition) is 0. The summed E-state index contributed by atoms with van der Waals surface area (Å²) in [7, 11) is 0. The molecule has 1 rings (SSSR count). The van der Waals surface area contributed by atoms with Crippen molar-refractivity contribution in [1.82, 2.24) is 0 Å². The Morgan fingerprint density at radius 2 is 1.09 bits per heavy atom. The largest absolute Gasteiger partial charge is 3.00 e. The quantitative estimate of drug-likeness (QED) is 0.277. The van der Waals surface area contributed by atoms with Crippen LogP contribution in [0.4, 0.5) is 0 Å². The van der Waals surface area contributed by atoms with Crippen LogP contribution in [0.25, 0.3) is 0 Å². The van der Waals surface area contributed by atoms with Gasteiger partial charge in [-0.1, -0.05) is 0 Å². The Hall–Kier alpha value is -1.13. The summed E-state index contributed by atoms with van der Waals surface area (Å²) in [5.41, 5.74) is 0.616. The van der Waals surface area contributed by atoms with Gasteiger partial charge in [-0.2, -0.15) is 0 Å². The third-order valence-corrected chi connectivity index (χ3v) is 1.74. The summed E-state index contributed by atoms with van der Waals surface area (Å²) in [5.74, 6) is -3.49. The number of carbonyl (C=O) groups is 4. The minimum atomic E-state index is -1.08. The first kappa shape index (κ1) is 29.8. The van der Waals surface area contributed by atoms with E-state index < -0.39 is 17.9 Å². The van der Waals surface area contributed by atoms with Gasteiger partial charge in [-0.05, 0) is 20.8 Å². The zero-order valence-corrected chi connectivity index (χ0v) is 19.5. The Kier molecular flexibility index (Phi) is 27.1. The van der Waals surface area contributed by atoms with Gasteiger partial charge in [0.1, 0.15) is 0 Å². The first-order chi connectivity index (χ1) is 10.0. The molecular weight excluding hydrogens is 702 g/mol. The molecule has 0 atom stereocenters. The Labute approximate surface area is 168 Å². The van der Waals surface area contributed by atoms with E-state index in [2.05, 4.69) is 2.81 Å². The van der Waals surface area contributed by atoms with E-state index in [0.29, 0.717) is 30.7 Å². The number of carboxylic acids is 3. The molecule has 10 heteroatoms. The van der Waals surface area contributed by atoms with Crippen molar-refractivity contribution >= 4 is 75.2 Å². The van der Waals surface area contributed by atoms with Crippen LogP contribution in [0.3, 0.4) is 0 Å². The maximum Gasteiger partial charge on any atom is 3.00 e. The first-order valence-corrected chi connectivity index (χ1v) is 6.90. The van der Waals surface area contributed by atoms with Gasteiger partial charge in [-0.15, -0.1) is 0 Å². The molecule has 0 spiro atoms. The van der Waals surface area contributed by atoms with E-state index in [4.69, 9.17) is 29.7 Å². The molecule has 0 unspecified atom stereocenters. The predicted molar refractivity (Wildman–Crippen MR) is 75.4 cm³/mol. The first-order valence-electron chi connectivity index (χ1n) is 5.48. The second kappa shape index (κ2) is 20.9. The molecule has 0 N–H and O–H groups in total. The molecule has 23 heavy (non-hydrogen) atoms. The molecule has 0 aromatic heterocycles. The molecule has 0 aliphatic carbocycles. The topological polar surface area (TPSA) is 147 Å². The number of benzene rings is 1. The van der Waals surface area contributed by atoms with E-state index in [1.807, 2.05) is 18.2 Å². The molecule has 4 radical (unpaired) electrons. The van der Waals surface area contributed by atoms with E-state index in [-0.39, 0.29) is 32.2 Å². The Balaban J connectivity index is -0.000000118. The van der Waals surface area contributed by atoms with E-state index in [9.17, 15) is 4.79 Å². The molecule has 0 heterocycles. The maximum absolute atomic E-state index is 10.8. The van der Waals surface area contributed by atoms with Crippen molar-refractivity contribution in [1.29, 1.82) is 0 Å². The fourth-order valence-electron chi connectivity index (χ4n) is 0.627. The van der Waals surface area contributed by atoms with Gasteiger partial charge >= 0.3 is 101 Å². The summed E-state index contributed by atoms with van der Waals surface area (Å²) in [4.78, 5) is 37.5. The fourth-order valence-corrected chi connectivity index (χ4v) is 1.04. The van der Waals surface area contributed by atoms with E-state index in [0.717, 1.165) is 20.8 Å². The zero-order valence-electron chi connectivity index (χ0n) is 12.5. The molecule has 122 valence electrons. The van der Waals surface area contributed by atoms with Gasteiger partial charge in [-0.25, -0.2) is 0 Å². The molecule has 0 saturated carbocycles. The third-order valence-electron chi connectivity index (χ3n) is 1.09. The van der Waals surface area contributed by atoms with Crippen molar-refractivity contribution in [3.63, 3.8) is 0 Å². The number of carbonyl (C=O) groups excluding carboxylic acids is 4. The van der Waals surface area contributed by atoms with Crippen molar-refractivity contribution in [2.75, 3.05) is 0 Å². The molecule has 1 aromatic carbocycles. The molecule has 0 aliphatic rings. The summed E-state index contributed by atoms with van der Waals surface area (Å²) < 4.78 is 4.61. The van der Waals surface area contributed by atoms with E-state index in [1.165, 1.54) is 0 Å². The summed E-state index contributed by atoms with van der Waals surface area (Å²) in [6.07, 6.45) is 0. The fraction of sp³-hybridized carbons (Fsp3) is 0.231. The molecule has 8 nitrogen and oxygen atoms in total. The summed E-state index contributed by atoms with van der Waals surface area (Å²) >= 11 is 0.641. The van der Waals surface area contributed by atoms with Crippen molar-refractivity contribution in [2.24, 2.45) is 0 Å². The van der Waals surface area contributed by atoms with Crippen LogP contribution in [0.2, 0.25) is 0 Å². The molecule has 0 aliphatic heterocycles. The molecule has 1 aromatic rings. The second-order valence-corrected chi connectivity index (χ2v) is 3.93. The van der Waals surface area contributed by atoms with Crippen LogP contribution < -0.4 is 15.3 Å². The van der Waals surface area contributed by atoms with Gasteiger partial charge in [0.05, 0.1) is 0 Å². The van der Waals surface area contributed by atoms with Crippen molar-refractivity contribution in [3.05, 3.63) is 35.9 Å². The van der Waals surface area contributed by atoms with E-state index >= 15 is 0 Å². The molecule has 0 fully saturated rings. The van der Waals surface area contributed by atoms with Gasteiger partial charge in [-0.3, -0.25) is 0 Å². The maximum atomic E-state index is 10.8. The summed E-state index contributed by atoms with van der Waals surface area (Å²) in [5, 5.41) is 26.7. The van der Waals surface area contributed by atoms with Crippen LogP contribution >= 0.6 is 0 Å². The van der Waals surface area contributed by atoms with Gasteiger partial charge in [0.2, 0.25) is 0 Å². The van der Waals surface area contributed by atoms with Gasteiger partial charge in [0, 0.05) is 17.9 Å². The Bertz CT molecular complexity index is 422. The summed E-state index contributed by atoms with van der Waals surface area (Å²) in [6, 6.07) is 8.95.